The Bertz CT molecular complexity index is 556. The molecule has 0 amide bonds. The van der Waals surface area contributed by atoms with Crippen molar-refractivity contribution in [1.29, 1.82) is 0 Å². The van der Waals surface area contributed by atoms with Crippen molar-refractivity contribution in [3.8, 4) is 0 Å². The van der Waals surface area contributed by atoms with E-state index in [2.05, 4.69) is 20.9 Å². The predicted octanol–water partition coefficient (Wildman–Crippen LogP) is 3.35. The van der Waals surface area contributed by atoms with E-state index in [-0.39, 0.29) is 10.8 Å². The number of carbonyl (C=O) groups is 1. The second-order valence-corrected chi connectivity index (χ2v) is 4.24. The molecule has 1 N–H and O–H groups in total. The summed E-state index contributed by atoms with van der Waals surface area (Å²) >= 11 is 9.18. The summed E-state index contributed by atoms with van der Waals surface area (Å²) in [6.45, 7) is 0. The van der Waals surface area contributed by atoms with Gasteiger partial charge in [0.15, 0.2) is 5.69 Å². The number of aromatic carboxylic acids is 1. The number of rotatable bonds is 1. The van der Waals surface area contributed by atoms with Gasteiger partial charge in [0.05, 0.1) is 0 Å². The molecule has 2 aromatic rings. The highest BCUT2D eigenvalue weighted by Crippen LogP contribution is 2.25. The Labute approximate surface area is 98.8 Å². The summed E-state index contributed by atoms with van der Waals surface area (Å²) in [6, 6.07) is 6.92. The molecule has 0 aliphatic rings. The minimum atomic E-state index is -1.08. The van der Waals surface area contributed by atoms with Crippen molar-refractivity contribution >= 4 is 44.3 Å². The monoisotopic (exact) mass is 285 g/mol. The number of fused-ring (bicyclic) bond motifs is 1. The molecule has 0 saturated heterocycles. The molecular formula is C10H5BrClNO2. The highest BCUT2D eigenvalue weighted by Gasteiger charge is 2.09. The van der Waals surface area contributed by atoms with Crippen molar-refractivity contribution in [2.24, 2.45) is 0 Å². The molecule has 0 aliphatic carbocycles. The number of halogens is 2. The predicted molar refractivity (Wildman–Crippen MR) is 61.4 cm³/mol. The number of nitrogens with zero attached hydrogens (tertiary/aromatic N) is 1. The van der Waals surface area contributed by atoms with E-state index < -0.39 is 5.97 Å². The fourth-order valence-electron chi connectivity index (χ4n) is 1.30. The molecule has 1 heterocycles. The van der Waals surface area contributed by atoms with E-state index in [1.165, 1.54) is 6.07 Å². The van der Waals surface area contributed by atoms with Crippen molar-refractivity contribution in [3.05, 3.63) is 39.6 Å². The van der Waals surface area contributed by atoms with Crippen molar-refractivity contribution in [3.63, 3.8) is 0 Å². The van der Waals surface area contributed by atoms with Gasteiger partial charge in [-0.15, -0.1) is 0 Å². The molecule has 0 radical (unpaired) electrons. The smallest absolute Gasteiger partial charge is 0.354 e. The fourth-order valence-corrected chi connectivity index (χ4v) is 1.94. The average molecular weight is 287 g/mol. The van der Waals surface area contributed by atoms with Gasteiger partial charge >= 0.3 is 5.97 Å². The Morgan fingerprint density at radius 3 is 2.80 bits per heavy atom. The third-order valence-electron chi connectivity index (χ3n) is 1.97. The number of pyridine rings is 1. The maximum atomic E-state index is 10.7. The Morgan fingerprint density at radius 1 is 1.40 bits per heavy atom. The van der Waals surface area contributed by atoms with Crippen LogP contribution in [0.5, 0.6) is 0 Å². The van der Waals surface area contributed by atoms with E-state index in [4.69, 9.17) is 16.7 Å². The molecule has 5 heteroatoms. The number of hydrogen-bond acceptors (Lipinski definition) is 2. The summed E-state index contributed by atoms with van der Waals surface area (Å²) in [5, 5.41) is 10.5. The summed E-state index contributed by atoms with van der Waals surface area (Å²) in [4.78, 5) is 14.5. The van der Waals surface area contributed by atoms with Crippen LogP contribution >= 0.6 is 27.5 Å². The maximum Gasteiger partial charge on any atom is 0.354 e. The second-order valence-electron chi connectivity index (χ2n) is 2.97. The molecule has 0 aliphatic heterocycles. The van der Waals surface area contributed by atoms with Crippen LogP contribution in [0, 0.1) is 0 Å². The Hall–Kier alpha value is -1.13. The fraction of sp³-hybridized carbons (Fsp3) is 0. The lowest BCUT2D eigenvalue weighted by Gasteiger charge is -2.02. The first-order chi connectivity index (χ1) is 7.08. The van der Waals surface area contributed by atoms with E-state index in [0.29, 0.717) is 0 Å². The van der Waals surface area contributed by atoms with Gasteiger partial charge < -0.3 is 5.11 Å². The van der Waals surface area contributed by atoms with E-state index in [1.54, 1.807) is 12.1 Å². The molecule has 1 aromatic carbocycles. The molecular weight excluding hydrogens is 281 g/mol. The van der Waals surface area contributed by atoms with Crippen LogP contribution in [0.3, 0.4) is 0 Å². The molecule has 1 aromatic heterocycles. The second kappa shape index (κ2) is 3.79. The molecule has 76 valence electrons. The molecule has 0 bridgehead atoms. The van der Waals surface area contributed by atoms with Crippen LogP contribution in [0.2, 0.25) is 5.15 Å². The van der Waals surface area contributed by atoms with Crippen molar-refractivity contribution in [2.75, 3.05) is 0 Å². The molecule has 3 nitrogen and oxygen atoms in total. The molecule has 0 atom stereocenters. The van der Waals surface area contributed by atoms with Crippen LogP contribution in [0.4, 0.5) is 0 Å². The Morgan fingerprint density at radius 2 is 2.13 bits per heavy atom. The van der Waals surface area contributed by atoms with Crippen molar-refractivity contribution < 1.29 is 9.90 Å². The van der Waals surface area contributed by atoms with Crippen LogP contribution < -0.4 is 0 Å². The normalized spacial score (nSPS) is 10.5. The minimum absolute atomic E-state index is 0.0504. The third-order valence-corrected chi connectivity index (χ3v) is 2.75. The number of hydrogen-bond donors (Lipinski definition) is 1. The zero-order chi connectivity index (χ0) is 11.0. The lowest BCUT2D eigenvalue weighted by atomic mass is 10.1. The molecule has 15 heavy (non-hydrogen) atoms. The van der Waals surface area contributed by atoms with Crippen LogP contribution in [-0.4, -0.2) is 16.1 Å². The van der Waals surface area contributed by atoms with Crippen LogP contribution in [0.15, 0.2) is 28.7 Å². The quantitative estimate of drug-likeness (QED) is 0.818. The van der Waals surface area contributed by atoms with E-state index in [1.807, 2.05) is 6.07 Å². The molecule has 0 saturated carbocycles. The summed E-state index contributed by atoms with van der Waals surface area (Å²) in [6.07, 6.45) is 0. The lowest BCUT2D eigenvalue weighted by molar-refractivity contribution is 0.0691. The lowest BCUT2D eigenvalue weighted by Crippen LogP contribution is -2.00. The van der Waals surface area contributed by atoms with E-state index in [9.17, 15) is 4.79 Å². The molecule has 0 unspecified atom stereocenters. The van der Waals surface area contributed by atoms with Crippen LogP contribution in [0.1, 0.15) is 10.5 Å². The van der Waals surface area contributed by atoms with Gasteiger partial charge in [-0.1, -0.05) is 33.6 Å². The first-order valence-corrected chi connectivity index (χ1v) is 5.24. The average Bonchev–Trinajstić information content (AvgIpc) is 2.16. The van der Waals surface area contributed by atoms with Gasteiger partial charge in [0, 0.05) is 9.86 Å². The van der Waals surface area contributed by atoms with Gasteiger partial charge in [-0.3, -0.25) is 0 Å². The first kappa shape index (κ1) is 10.4. The first-order valence-electron chi connectivity index (χ1n) is 4.07. The van der Waals surface area contributed by atoms with Gasteiger partial charge in [-0.2, -0.15) is 0 Å². The van der Waals surface area contributed by atoms with Crippen molar-refractivity contribution in [2.45, 2.75) is 0 Å². The topological polar surface area (TPSA) is 50.2 Å². The zero-order valence-corrected chi connectivity index (χ0v) is 9.71. The molecule has 0 fully saturated rings. The van der Waals surface area contributed by atoms with Gasteiger partial charge in [0.1, 0.15) is 5.15 Å². The summed E-state index contributed by atoms with van der Waals surface area (Å²) in [7, 11) is 0. The standard InChI is InChI=1S/C10H5BrClNO2/c11-6-1-2-7-5(3-6)4-8(10(14)15)13-9(7)12/h1-4H,(H,14,15). The number of aromatic nitrogens is 1. The van der Waals surface area contributed by atoms with Gasteiger partial charge in [-0.05, 0) is 23.6 Å². The summed E-state index contributed by atoms with van der Waals surface area (Å²) in [5.41, 5.74) is -0.0504. The van der Waals surface area contributed by atoms with Gasteiger partial charge in [0.25, 0.3) is 0 Å². The van der Waals surface area contributed by atoms with Crippen LogP contribution in [0.25, 0.3) is 10.8 Å². The Kier molecular flexibility index (Phi) is 2.63. The summed E-state index contributed by atoms with van der Waals surface area (Å²) in [5.74, 6) is -1.08. The van der Waals surface area contributed by atoms with Crippen LogP contribution in [-0.2, 0) is 0 Å². The molecule has 2 rings (SSSR count). The SMILES string of the molecule is O=C(O)c1cc2cc(Br)ccc2c(Cl)n1. The molecule has 0 spiro atoms. The number of carboxylic acids is 1. The van der Waals surface area contributed by atoms with Gasteiger partial charge in [0.2, 0.25) is 0 Å². The summed E-state index contributed by atoms with van der Waals surface area (Å²) < 4.78 is 0.869. The van der Waals surface area contributed by atoms with Crippen molar-refractivity contribution in [1.82, 2.24) is 4.98 Å². The number of carboxylic acid groups (broad SMARTS) is 1. The maximum absolute atomic E-state index is 10.7. The number of benzene rings is 1. The third kappa shape index (κ3) is 1.96. The minimum Gasteiger partial charge on any atom is -0.477 e. The zero-order valence-electron chi connectivity index (χ0n) is 7.37. The highest BCUT2D eigenvalue weighted by atomic mass is 79.9. The Balaban J connectivity index is 2.79. The van der Waals surface area contributed by atoms with E-state index >= 15 is 0 Å². The highest BCUT2D eigenvalue weighted by molar-refractivity contribution is 9.10. The van der Waals surface area contributed by atoms with Gasteiger partial charge in [-0.25, -0.2) is 9.78 Å². The largest absolute Gasteiger partial charge is 0.477 e. The van der Waals surface area contributed by atoms with E-state index in [0.717, 1.165) is 15.2 Å².